The average Bonchev–Trinajstić information content (AvgIpc) is 3.66. The van der Waals surface area contributed by atoms with Crippen LogP contribution in [0.15, 0.2) is 52.6 Å². The van der Waals surface area contributed by atoms with E-state index in [9.17, 15) is 18.0 Å². The van der Waals surface area contributed by atoms with Gasteiger partial charge in [-0.25, -0.2) is 8.42 Å². The van der Waals surface area contributed by atoms with E-state index in [4.69, 9.17) is 0 Å². The van der Waals surface area contributed by atoms with Gasteiger partial charge in [0.1, 0.15) is 5.84 Å². The summed E-state index contributed by atoms with van der Waals surface area (Å²) in [7, 11) is -3.42. The van der Waals surface area contributed by atoms with Crippen LogP contribution in [0.5, 0.6) is 0 Å². The monoisotopic (exact) mass is 440 g/mol. The van der Waals surface area contributed by atoms with Gasteiger partial charge in [-0.3, -0.25) is 9.59 Å². The Morgan fingerprint density at radius 2 is 1.84 bits per heavy atom. The maximum Gasteiger partial charge on any atom is 0.256 e. The van der Waals surface area contributed by atoms with Crippen LogP contribution in [0.2, 0.25) is 0 Å². The van der Waals surface area contributed by atoms with Crippen molar-refractivity contribution in [1.82, 2.24) is 15.1 Å². The maximum atomic E-state index is 13.2. The molecule has 0 bridgehead atoms. The first kappa shape index (κ1) is 20.0. The van der Waals surface area contributed by atoms with E-state index in [-0.39, 0.29) is 30.2 Å². The van der Waals surface area contributed by atoms with Gasteiger partial charge in [0.15, 0.2) is 0 Å². The molecule has 8 nitrogen and oxygen atoms in total. The first-order valence-electron chi connectivity index (χ1n) is 10.6. The molecule has 2 saturated carbocycles. The molecule has 2 aliphatic carbocycles. The van der Waals surface area contributed by atoms with E-state index < -0.39 is 10.0 Å². The SMILES string of the molecule is O=C(NC1CC1)c1ccc(CN(C(=O)C2=CN3CCS(=O)(=O)N=C3C=C2)C2CC2)cc1. The van der Waals surface area contributed by atoms with Crippen LogP contribution in [0.3, 0.4) is 0 Å². The summed E-state index contributed by atoms with van der Waals surface area (Å²) in [5.74, 6) is 0.153. The highest BCUT2D eigenvalue weighted by atomic mass is 32.2. The van der Waals surface area contributed by atoms with Crippen molar-refractivity contribution in [3.8, 4) is 0 Å². The highest BCUT2D eigenvalue weighted by molar-refractivity contribution is 7.90. The number of fused-ring (bicyclic) bond motifs is 1. The van der Waals surface area contributed by atoms with Crippen LogP contribution in [-0.2, 0) is 21.4 Å². The molecule has 2 fully saturated rings. The summed E-state index contributed by atoms with van der Waals surface area (Å²) in [6.45, 7) is 0.755. The number of rotatable bonds is 6. The Labute approximate surface area is 181 Å². The number of hydrogen-bond donors (Lipinski definition) is 1. The third-order valence-electron chi connectivity index (χ3n) is 5.80. The predicted molar refractivity (Wildman–Crippen MR) is 116 cm³/mol. The Kier molecular flexibility index (Phi) is 4.92. The Morgan fingerprint density at radius 1 is 1.10 bits per heavy atom. The van der Waals surface area contributed by atoms with Gasteiger partial charge in [0.2, 0.25) is 0 Å². The number of nitrogens with zero attached hydrogens (tertiary/aromatic N) is 3. The second kappa shape index (κ2) is 7.64. The fourth-order valence-corrected chi connectivity index (χ4v) is 4.67. The van der Waals surface area contributed by atoms with Gasteiger partial charge in [-0.15, -0.1) is 4.40 Å². The lowest BCUT2D eigenvalue weighted by Crippen LogP contribution is -2.39. The minimum atomic E-state index is -3.42. The Morgan fingerprint density at radius 3 is 2.52 bits per heavy atom. The van der Waals surface area contributed by atoms with E-state index in [0.717, 1.165) is 31.2 Å². The summed E-state index contributed by atoms with van der Waals surface area (Å²) in [5, 5.41) is 2.98. The van der Waals surface area contributed by atoms with Crippen molar-refractivity contribution in [3.63, 3.8) is 0 Å². The largest absolute Gasteiger partial charge is 0.349 e. The number of amides is 2. The fraction of sp³-hybridized carbons (Fsp3) is 0.409. The molecule has 0 aromatic heterocycles. The molecule has 1 N–H and O–H groups in total. The molecule has 4 aliphatic rings. The van der Waals surface area contributed by atoms with Crippen molar-refractivity contribution in [2.75, 3.05) is 12.3 Å². The molecule has 1 aromatic rings. The van der Waals surface area contributed by atoms with Gasteiger partial charge in [-0.1, -0.05) is 12.1 Å². The molecule has 0 saturated heterocycles. The average molecular weight is 441 g/mol. The molecule has 162 valence electrons. The molecule has 31 heavy (non-hydrogen) atoms. The fourth-order valence-electron chi connectivity index (χ4n) is 3.70. The molecule has 2 aliphatic heterocycles. The molecule has 9 heteroatoms. The van der Waals surface area contributed by atoms with Gasteiger partial charge in [0.05, 0.1) is 11.3 Å². The van der Waals surface area contributed by atoms with Crippen molar-refractivity contribution in [2.45, 2.75) is 44.3 Å². The minimum absolute atomic E-state index is 0.0531. The van der Waals surface area contributed by atoms with Gasteiger partial charge in [0.25, 0.3) is 21.8 Å². The Bertz CT molecular complexity index is 1110. The second-order valence-corrected chi connectivity index (χ2v) is 10.2. The first-order chi connectivity index (χ1) is 14.9. The van der Waals surface area contributed by atoms with E-state index in [1.165, 1.54) is 0 Å². The number of carbonyl (C=O) groups is 2. The topological polar surface area (TPSA) is 99.1 Å². The van der Waals surface area contributed by atoms with E-state index in [1.54, 1.807) is 35.4 Å². The van der Waals surface area contributed by atoms with E-state index in [2.05, 4.69) is 9.71 Å². The Balaban J connectivity index is 1.29. The Hall–Kier alpha value is -2.94. The summed E-state index contributed by atoms with van der Waals surface area (Å²) in [4.78, 5) is 29.0. The van der Waals surface area contributed by atoms with E-state index in [1.807, 2.05) is 17.0 Å². The zero-order valence-corrected chi connectivity index (χ0v) is 17.8. The third-order valence-corrected chi connectivity index (χ3v) is 6.96. The molecular weight excluding hydrogens is 416 g/mol. The summed E-state index contributed by atoms with van der Waals surface area (Å²) < 4.78 is 27.1. The van der Waals surface area contributed by atoms with Gasteiger partial charge >= 0.3 is 0 Å². The number of hydrogen-bond acceptors (Lipinski definition) is 5. The number of benzene rings is 1. The van der Waals surface area contributed by atoms with Crippen LogP contribution in [-0.4, -0.2) is 60.2 Å². The lowest BCUT2D eigenvalue weighted by atomic mass is 10.1. The van der Waals surface area contributed by atoms with Gasteiger partial charge in [0, 0.05) is 36.9 Å². The molecule has 0 spiro atoms. The quantitative estimate of drug-likeness (QED) is 0.724. The highest BCUT2D eigenvalue weighted by Gasteiger charge is 2.35. The van der Waals surface area contributed by atoms with Crippen LogP contribution in [0.4, 0.5) is 0 Å². The minimum Gasteiger partial charge on any atom is -0.349 e. The van der Waals surface area contributed by atoms with Crippen molar-refractivity contribution >= 4 is 27.7 Å². The van der Waals surface area contributed by atoms with E-state index in [0.29, 0.717) is 29.6 Å². The van der Waals surface area contributed by atoms with Gasteiger partial charge in [-0.2, -0.15) is 0 Å². The lowest BCUT2D eigenvalue weighted by molar-refractivity contribution is -0.128. The predicted octanol–water partition coefficient (Wildman–Crippen LogP) is 1.57. The highest BCUT2D eigenvalue weighted by Crippen LogP contribution is 2.31. The van der Waals surface area contributed by atoms with Crippen LogP contribution in [0.25, 0.3) is 0 Å². The number of nitrogens with one attached hydrogen (secondary N) is 1. The normalized spacial score (nSPS) is 21.6. The standard InChI is InChI=1S/C22H24N4O4S/c27-21(23-18-6-7-18)16-3-1-15(2-4-16)13-26(19-8-9-19)22(28)17-5-10-20-24-31(29,30)12-11-25(20)14-17/h1-5,10,14,18-19H,6-9,11-13H2,(H,23,27). The third kappa shape index (κ3) is 4.56. The number of carbonyl (C=O) groups excluding carboxylic acids is 2. The molecule has 1 aromatic carbocycles. The van der Waals surface area contributed by atoms with Crippen LogP contribution in [0.1, 0.15) is 41.6 Å². The first-order valence-corrected chi connectivity index (χ1v) is 12.2. The van der Waals surface area contributed by atoms with Crippen LogP contribution < -0.4 is 5.32 Å². The van der Waals surface area contributed by atoms with E-state index >= 15 is 0 Å². The molecule has 2 heterocycles. The van der Waals surface area contributed by atoms with Crippen molar-refractivity contribution in [3.05, 3.63) is 59.3 Å². The van der Waals surface area contributed by atoms with Gasteiger partial charge in [-0.05, 0) is 55.5 Å². The second-order valence-electron chi connectivity index (χ2n) is 8.46. The molecule has 0 radical (unpaired) electrons. The molecular formula is C22H24N4O4S. The van der Waals surface area contributed by atoms with Crippen LogP contribution >= 0.6 is 0 Å². The summed E-state index contributed by atoms with van der Waals surface area (Å²) in [6, 6.07) is 7.93. The smallest absolute Gasteiger partial charge is 0.256 e. The molecule has 2 amide bonds. The summed E-state index contributed by atoms with van der Waals surface area (Å²) >= 11 is 0. The lowest BCUT2D eigenvalue weighted by Gasteiger charge is -2.29. The van der Waals surface area contributed by atoms with Crippen molar-refractivity contribution in [2.24, 2.45) is 4.40 Å². The molecule has 0 unspecified atom stereocenters. The summed E-state index contributed by atoms with van der Waals surface area (Å²) in [5.41, 5.74) is 2.12. The van der Waals surface area contributed by atoms with Crippen molar-refractivity contribution < 1.29 is 18.0 Å². The zero-order valence-electron chi connectivity index (χ0n) is 17.0. The maximum absolute atomic E-state index is 13.2. The molecule has 5 rings (SSSR count). The zero-order chi connectivity index (χ0) is 21.6. The van der Waals surface area contributed by atoms with Crippen molar-refractivity contribution in [1.29, 1.82) is 0 Å². The van der Waals surface area contributed by atoms with Crippen LogP contribution in [0, 0.1) is 0 Å². The summed E-state index contributed by atoms with van der Waals surface area (Å²) in [6.07, 6.45) is 8.96. The number of amidine groups is 1. The molecule has 0 atom stereocenters. The van der Waals surface area contributed by atoms with Gasteiger partial charge < -0.3 is 15.1 Å². The number of sulfonamides is 1.